The van der Waals surface area contributed by atoms with E-state index in [9.17, 15) is 4.79 Å². The number of likely N-dealkylation sites (tertiary alicyclic amines) is 1. The Bertz CT molecular complexity index is 1240. The van der Waals surface area contributed by atoms with Gasteiger partial charge in [0.25, 0.3) is 0 Å². The van der Waals surface area contributed by atoms with Crippen LogP contribution in [0.3, 0.4) is 0 Å². The van der Waals surface area contributed by atoms with Crippen molar-refractivity contribution >= 4 is 5.91 Å². The number of piperidine rings is 1. The Morgan fingerprint density at radius 1 is 1.06 bits per heavy atom. The van der Waals surface area contributed by atoms with E-state index in [1.807, 2.05) is 54.3 Å². The van der Waals surface area contributed by atoms with Gasteiger partial charge in [-0.3, -0.25) is 9.36 Å². The van der Waals surface area contributed by atoms with E-state index >= 15 is 0 Å². The maximum absolute atomic E-state index is 12.7. The van der Waals surface area contributed by atoms with E-state index in [2.05, 4.69) is 37.0 Å². The highest BCUT2D eigenvalue weighted by Crippen LogP contribution is 2.23. The maximum Gasteiger partial charge on any atom is 0.226 e. The van der Waals surface area contributed by atoms with Gasteiger partial charge in [0.15, 0.2) is 0 Å². The summed E-state index contributed by atoms with van der Waals surface area (Å²) >= 11 is 0. The molecule has 0 unspecified atom stereocenters. The molecular formula is C27H30N6O2. The van der Waals surface area contributed by atoms with Gasteiger partial charge >= 0.3 is 0 Å². The lowest BCUT2D eigenvalue weighted by Gasteiger charge is -2.32. The Morgan fingerprint density at radius 2 is 1.83 bits per heavy atom. The number of benzene rings is 2. The summed E-state index contributed by atoms with van der Waals surface area (Å²) in [5, 5.41) is 12.5. The standard InChI is InChI=1S/C27H30N6O2/c1-20-10-12-22(13-11-20)27-29-25(35-31-27)8-5-9-26(34)32-16-14-21(15-17-32)18-24-30-28-19-33(24)23-6-3-2-4-7-23/h2-4,6-7,10-13,19,21H,5,8-9,14-18H2,1H3. The summed E-state index contributed by atoms with van der Waals surface area (Å²) in [6.07, 6.45) is 6.42. The number of carbonyl (C=O) groups excluding carboxylic acids is 1. The van der Waals surface area contributed by atoms with Crippen LogP contribution in [0.4, 0.5) is 0 Å². The molecule has 180 valence electrons. The number of aryl methyl sites for hydroxylation is 2. The molecule has 1 fully saturated rings. The molecule has 8 nitrogen and oxygen atoms in total. The molecule has 8 heteroatoms. The quantitative estimate of drug-likeness (QED) is 0.378. The summed E-state index contributed by atoms with van der Waals surface area (Å²) in [6, 6.07) is 18.2. The van der Waals surface area contributed by atoms with Gasteiger partial charge in [-0.1, -0.05) is 53.2 Å². The largest absolute Gasteiger partial charge is 0.343 e. The molecule has 1 aliphatic rings. The van der Waals surface area contributed by atoms with Crippen LogP contribution in [0.15, 0.2) is 65.4 Å². The number of hydrogen-bond donors (Lipinski definition) is 0. The zero-order valence-corrected chi connectivity index (χ0v) is 20.0. The molecule has 3 heterocycles. The van der Waals surface area contributed by atoms with Gasteiger partial charge in [-0.2, -0.15) is 4.98 Å². The Hall–Kier alpha value is -3.81. The summed E-state index contributed by atoms with van der Waals surface area (Å²) in [6.45, 7) is 3.63. The van der Waals surface area contributed by atoms with Crippen LogP contribution in [0.5, 0.6) is 0 Å². The van der Waals surface area contributed by atoms with E-state index in [0.717, 1.165) is 49.4 Å². The van der Waals surface area contributed by atoms with E-state index < -0.39 is 0 Å². The zero-order chi connectivity index (χ0) is 24.0. The molecule has 1 saturated heterocycles. The SMILES string of the molecule is Cc1ccc(-c2noc(CCCC(=O)N3CCC(Cc4nncn4-c4ccccc4)CC3)n2)cc1. The second kappa shape index (κ2) is 10.6. The summed E-state index contributed by atoms with van der Waals surface area (Å²) in [4.78, 5) is 19.2. The molecule has 4 aromatic rings. The van der Waals surface area contributed by atoms with Crippen molar-refractivity contribution in [1.29, 1.82) is 0 Å². The van der Waals surface area contributed by atoms with E-state index in [0.29, 0.717) is 36.9 Å². The third-order valence-electron chi connectivity index (χ3n) is 6.65. The second-order valence-electron chi connectivity index (χ2n) is 9.21. The molecular weight excluding hydrogens is 440 g/mol. The van der Waals surface area contributed by atoms with Crippen LogP contribution in [0.1, 0.15) is 43.0 Å². The second-order valence-corrected chi connectivity index (χ2v) is 9.21. The Balaban J connectivity index is 1.06. The number of nitrogens with zero attached hydrogens (tertiary/aromatic N) is 6. The Morgan fingerprint density at radius 3 is 2.60 bits per heavy atom. The first kappa shape index (κ1) is 23.0. The highest BCUT2D eigenvalue weighted by Gasteiger charge is 2.24. The minimum atomic E-state index is 0.203. The molecule has 0 aliphatic carbocycles. The number of amides is 1. The molecule has 0 radical (unpaired) electrons. The average molecular weight is 471 g/mol. The molecule has 5 rings (SSSR count). The lowest BCUT2D eigenvalue weighted by molar-refractivity contribution is -0.132. The van der Waals surface area contributed by atoms with Crippen molar-refractivity contribution in [2.45, 2.75) is 45.4 Å². The molecule has 2 aromatic heterocycles. The zero-order valence-electron chi connectivity index (χ0n) is 20.0. The van der Waals surface area contributed by atoms with Gasteiger partial charge in [-0.05, 0) is 44.2 Å². The van der Waals surface area contributed by atoms with Crippen molar-refractivity contribution < 1.29 is 9.32 Å². The number of hydrogen-bond acceptors (Lipinski definition) is 6. The smallest absolute Gasteiger partial charge is 0.226 e. The van der Waals surface area contributed by atoms with E-state index in [-0.39, 0.29) is 5.91 Å². The first-order valence-corrected chi connectivity index (χ1v) is 12.3. The summed E-state index contributed by atoms with van der Waals surface area (Å²) in [5.41, 5.74) is 3.20. The number of aromatic nitrogens is 5. The van der Waals surface area contributed by atoms with Gasteiger partial charge in [0.1, 0.15) is 12.2 Å². The van der Waals surface area contributed by atoms with Gasteiger partial charge in [0, 0.05) is 43.6 Å². The predicted molar refractivity (Wildman–Crippen MR) is 132 cm³/mol. The highest BCUT2D eigenvalue weighted by atomic mass is 16.5. The number of rotatable bonds is 8. The van der Waals surface area contributed by atoms with Crippen LogP contribution >= 0.6 is 0 Å². The van der Waals surface area contributed by atoms with Gasteiger partial charge < -0.3 is 9.42 Å². The summed E-state index contributed by atoms with van der Waals surface area (Å²) in [5.74, 6) is 2.86. The fraction of sp³-hybridized carbons (Fsp3) is 0.370. The number of carbonyl (C=O) groups is 1. The molecule has 0 bridgehead atoms. The highest BCUT2D eigenvalue weighted by molar-refractivity contribution is 5.76. The molecule has 1 aliphatic heterocycles. The molecule has 0 saturated carbocycles. The third-order valence-corrected chi connectivity index (χ3v) is 6.65. The van der Waals surface area contributed by atoms with Crippen molar-refractivity contribution in [1.82, 2.24) is 29.8 Å². The van der Waals surface area contributed by atoms with Crippen LogP contribution < -0.4 is 0 Å². The molecule has 0 atom stereocenters. The summed E-state index contributed by atoms with van der Waals surface area (Å²) in [7, 11) is 0. The van der Waals surface area contributed by atoms with Crippen LogP contribution in [0, 0.1) is 12.8 Å². The summed E-state index contributed by atoms with van der Waals surface area (Å²) < 4.78 is 7.44. The van der Waals surface area contributed by atoms with Crippen molar-refractivity contribution in [2.24, 2.45) is 5.92 Å². The third kappa shape index (κ3) is 5.65. The first-order valence-electron chi connectivity index (χ1n) is 12.3. The van der Waals surface area contributed by atoms with Gasteiger partial charge in [-0.15, -0.1) is 10.2 Å². The molecule has 0 spiro atoms. The normalized spacial score (nSPS) is 14.4. The van der Waals surface area contributed by atoms with Crippen LogP contribution in [-0.2, 0) is 17.6 Å². The molecule has 0 N–H and O–H groups in total. The van der Waals surface area contributed by atoms with Crippen LogP contribution in [-0.4, -0.2) is 48.8 Å². The monoisotopic (exact) mass is 470 g/mol. The molecule has 1 amide bonds. The van der Waals surface area contributed by atoms with E-state index in [1.165, 1.54) is 5.56 Å². The minimum Gasteiger partial charge on any atom is -0.343 e. The Kier molecular flexibility index (Phi) is 6.97. The molecule has 2 aromatic carbocycles. The van der Waals surface area contributed by atoms with Gasteiger partial charge in [0.2, 0.25) is 17.6 Å². The van der Waals surface area contributed by atoms with Gasteiger partial charge in [0.05, 0.1) is 0 Å². The predicted octanol–water partition coefficient (Wildman–Crippen LogP) is 4.43. The lowest BCUT2D eigenvalue weighted by atomic mass is 9.93. The fourth-order valence-electron chi connectivity index (χ4n) is 4.57. The minimum absolute atomic E-state index is 0.203. The van der Waals surface area contributed by atoms with Crippen molar-refractivity contribution in [3.8, 4) is 17.1 Å². The Labute approximate surface area is 205 Å². The van der Waals surface area contributed by atoms with Crippen molar-refractivity contribution in [3.63, 3.8) is 0 Å². The topological polar surface area (TPSA) is 89.9 Å². The van der Waals surface area contributed by atoms with Gasteiger partial charge in [-0.25, -0.2) is 0 Å². The first-order chi connectivity index (χ1) is 17.2. The van der Waals surface area contributed by atoms with Crippen molar-refractivity contribution in [2.75, 3.05) is 13.1 Å². The lowest BCUT2D eigenvalue weighted by Crippen LogP contribution is -2.39. The average Bonchev–Trinajstić information content (AvgIpc) is 3.55. The maximum atomic E-state index is 12.7. The van der Waals surface area contributed by atoms with E-state index in [1.54, 1.807) is 6.33 Å². The van der Waals surface area contributed by atoms with Crippen LogP contribution in [0.2, 0.25) is 0 Å². The number of para-hydroxylation sites is 1. The van der Waals surface area contributed by atoms with Crippen LogP contribution in [0.25, 0.3) is 17.1 Å². The van der Waals surface area contributed by atoms with Crippen molar-refractivity contribution in [3.05, 3.63) is 78.2 Å². The molecule has 35 heavy (non-hydrogen) atoms. The van der Waals surface area contributed by atoms with E-state index in [4.69, 9.17) is 4.52 Å². The fourth-order valence-corrected chi connectivity index (χ4v) is 4.57.